The van der Waals surface area contributed by atoms with Crippen LogP contribution in [0.3, 0.4) is 0 Å². The number of unbranched alkanes of at least 4 members (excludes halogenated alkanes) is 27. The number of aromatic nitrogens is 2. The van der Waals surface area contributed by atoms with Crippen molar-refractivity contribution in [1.29, 1.82) is 0 Å². The van der Waals surface area contributed by atoms with Gasteiger partial charge < -0.3 is 0 Å². The summed E-state index contributed by atoms with van der Waals surface area (Å²) in [6, 6.07) is 0.619. The van der Waals surface area contributed by atoms with Crippen LogP contribution < -0.4 is 4.57 Å². The zero-order valence-corrected chi connectivity index (χ0v) is 31.1. The maximum Gasteiger partial charge on any atom is 0.257 e. The minimum absolute atomic E-state index is 0.619. The van der Waals surface area contributed by atoms with Gasteiger partial charge in [0.1, 0.15) is 12.4 Å². The van der Waals surface area contributed by atoms with Gasteiger partial charge in [0.25, 0.3) is 5.82 Å². The Balaban J connectivity index is 2.15. The predicted molar refractivity (Wildman–Crippen MR) is 198 cm³/mol. The van der Waals surface area contributed by atoms with Crippen LogP contribution in [0.2, 0.25) is 0 Å². The fraction of sp³-hybridized carbons (Fsp3) is 0.929. The van der Waals surface area contributed by atoms with Gasteiger partial charge in [-0.25, -0.2) is 9.55 Å². The normalized spacial score (nSPS) is 13.1. The van der Waals surface area contributed by atoms with Crippen molar-refractivity contribution >= 4 is 0 Å². The number of hydrogen-bond acceptors (Lipinski definition) is 0. The fourth-order valence-electron chi connectivity index (χ4n) is 7.30. The molecule has 1 aromatic heterocycles. The molecule has 2 heteroatoms. The highest BCUT2D eigenvalue weighted by Gasteiger charge is 2.25. The number of nitrogens with one attached hydrogen (secondary N) is 1. The Kier molecular flexibility index (Phi) is 30.1. The monoisotopic (exact) mass is 616 g/mol. The summed E-state index contributed by atoms with van der Waals surface area (Å²) in [5.74, 6) is 2.23. The zero-order valence-electron chi connectivity index (χ0n) is 31.1. The Labute approximate surface area is 278 Å². The fourth-order valence-corrected chi connectivity index (χ4v) is 7.30. The average Bonchev–Trinajstić information content (AvgIpc) is 3.53. The van der Waals surface area contributed by atoms with Crippen LogP contribution >= 0.6 is 0 Å². The number of imidazole rings is 1. The van der Waals surface area contributed by atoms with Crippen molar-refractivity contribution in [3.05, 3.63) is 18.2 Å². The summed E-state index contributed by atoms with van der Waals surface area (Å²) in [6.45, 7) is 9.43. The summed E-state index contributed by atoms with van der Waals surface area (Å²) in [6.07, 6.45) is 51.7. The second-order valence-corrected chi connectivity index (χ2v) is 14.7. The van der Waals surface area contributed by atoms with Gasteiger partial charge >= 0.3 is 0 Å². The van der Waals surface area contributed by atoms with E-state index >= 15 is 0 Å². The predicted octanol–water partition coefficient (Wildman–Crippen LogP) is 14.9. The Morgan fingerprint density at radius 2 is 0.750 bits per heavy atom. The zero-order chi connectivity index (χ0) is 31.8. The molecule has 2 nitrogen and oxygen atoms in total. The topological polar surface area (TPSA) is 19.7 Å². The Bertz CT molecular complexity index is 679. The molecule has 0 radical (unpaired) electrons. The lowest BCUT2D eigenvalue weighted by Crippen LogP contribution is -2.41. The molecule has 0 aliphatic rings. The van der Waals surface area contributed by atoms with Crippen LogP contribution in [0.15, 0.2) is 12.4 Å². The molecule has 44 heavy (non-hydrogen) atoms. The lowest BCUT2D eigenvalue weighted by atomic mass is 9.93. The summed E-state index contributed by atoms with van der Waals surface area (Å²) < 4.78 is 2.62. The Morgan fingerprint density at radius 1 is 0.432 bits per heavy atom. The van der Waals surface area contributed by atoms with E-state index in [0.717, 1.165) is 0 Å². The molecule has 260 valence electrons. The largest absolute Gasteiger partial charge is 0.257 e. The quantitative estimate of drug-likeness (QED) is 0.0579. The van der Waals surface area contributed by atoms with Gasteiger partial charge in [0.15, 0.2) is 0 Å². The molecule has 1 rings (SSSR count). The van der Waals surface area contributed by atoms with Crippen LogP contribution in [0.5, 0.6) is 0 Å². The molecule has 0 spiro atoms. The molecular weight excluding hydrogens is 532 g/mol. The SMILES string of the molecule is CCCCCCCCCCCCCCCCC(CCCC)c1[nH]cc[n+]1C(C)CCCCCCCCCCCCCCCC. The highest BCUT2D eigenvalue weighted by molar-refractivity contribution is 4.90. The van der Waals surface area contributed by atoms with Crippen LogP contribution in [0.25, 0.3) is 0 Å². The van der Waals surface area contributed by atoms with E-state index in [4.69, 9.17) is 0 Å². The molecule has 0 fully saturated rings. The second-order valence-electron chi connectivity index (χ2n) is 14.7. The van der Waals surface area contributed by atoms with Crippen LogP contribution in [0.4, 0.5) is 0 Å². The highest BCUT2D eigenvalue weighted by Crippen LogP contribution is 2.27. The maximum atomic E-state index is 3.71. The maximum absolute atomic E-state index is 3.71. The van der Waals surface area contributed by atoms with E-state index in [1.54, 1.807) is 0 Å². The first-order valence-corrected chi connectivity index (χ1v) is 20.8. The molecule has 0 aromatic carbocycles. The van der Waals surface area contributed by atoms with Gasteiger partial charge in [-0.3, -0.25) is 0 Å². The van der Waals surface area contributed by atoms with Gasteiger partial charge in [-0.1, -0.05) is 207 Å². The molecule has 2 atom stereocenters. The molecule has 0 saturated carbocycles. The average molecular weight is 616 g/mol. The van der Waals surface area contributed by atoms with E-state index < -0.39 is 0 Å². The van der Waals surface area contributed by atoms with Crippen LogP contribution in [0.1, 0.15) is 257 Å². The van der Waals surface area contributed by atoms with Gasteiger partial charge in [-0.2, -0.15) is 0 Å². The molecule has 0 bridgehead atoms. The molecule has 1 aromatic rings. The molecule has 0 amide bonds. The van der Waals surface area contributed by atoms with Gasteiger partial charge in [0, 0.05) is 0 Å². The number of hydrogen-bond donors (Lipinski definition) is 1. The van der Waals surface area contributed by atoms with Crippen molar-refractivity contribution in [2.24, 2.45) is 0 Å². The van der Waals surface area contributed by atoms with E-state index in [1.807, 2.05) is 0 Å². The third-order valence-electron chi connectivity index (χ3n) is 10.4. The summed E-state index contributed by atoms with van der Waals surface area (Å²) in [5.41, 5.74) is 0. The summed E-state index contributed by atoms with van der Waals surface area (Å²) in [7, 11) is 0. The first kappa shape index (κ1) is 41.2. The van der Waals surface area contributed by atoms with Crippen molar-refractivity contribution in [2.45, 2.75) is 252 Å². The lowest BCUT2D eigenvalue weighted by Gasteiger charge is -2.17. The van der Waals surface area contributed by atoms with E-state index in [-0.39, 0.29) is 0 Å². The van der Waals surface area contributed by atoms with E-state index in [9.17, 15) is 0 Å². The molecule has 1 heterocycles. The number of nitrogens with zero attached hydrogens (tertiary/aromatic N) is 1. The van der Waals surface area contributed by atoms with Gasteiger partial charge in [-0.05, 0) is 32.6 Å². The molecule has 1 N–H and O–H groups in total. The standard InChI is InChI=1S/C42H82N2/c1-5-8-11-13-15-17-19-21-23-25-27-29-31-33-35-40(4)44-39-38-43-42(44)41(36-10-7-3)37-34-32-30-28-26-24-22-20-18-16-14-12-9-6-2/h38-41H,5-37H2,1-4H3/p+1. The number of aromatic amines is 1. The first-order chi connectivity index (χ1) is 21.7. The van der Waals surface area contributed by atoms with Crippen molar-refractivity contribution in [3.8, 4) is 0 Å². The highest BCUT2D eigenvalue weighted by atomic mass is 15.1. The van der Waals surface area contributed by atoms with Gasteiger partial charge in [0.05, 0.1) is 12.0 Å². The minimum Gasteiger partial charge on any atom is -0.247 e. The smallest absolute Gasteiger partial charge is 0.247 e. The molecule has 0 aliphatic carbocycles. The molecular formula is C42H83N2+. The summed E-state index contributed by atoms with van der Waals surface area (Å²) >= 11 is 0. The first-order valence-electron chi connectivity index (χ1n) is 20.8. The summed E-state index contributed by atoms with van der Waals surface area (Å²) in [4.78, 5) is 3.71. The Hall–Kier alpha value is -0.790. The summed E-state index contributed by atoms with van der Waals surface area (Å²) in [5, 5.41) is 0. The van der Waals surface area contributed by atoms with Crippen molar-refractivity contribution in [2.75, 3.05) is 0 Å². The third-order valence-corrected chi connectivity index (χ3v) is 10.4. The second kappa shape index (κ2) is 32.2. The Morgan fingerprint density at radius 3 is 1.14 bits per heavy atom. The van der Waals surface area contributed by atoms with E-state index in [2.05, 4.69) is 49.6 Å². The molecule has 0 saturated heterocycles. The molecule has 0 aliphatic heterocycles. The lowest BCUT2D eigenvalue weighted by molar-refractivity contribution is -0.727. The number of H-pyrrole nitrogens is 1. The van der Waals surface area contributed by atoms with Crippen molar-refractivity contribution in [3.63, 3.8) is 0 Å². The van der Waals surface area contributed by atoms with E-state index in [1.165, 1.54) is 218 Å². The van der Waals surface area contributed by atoms with Crippen LogP contribution in [-0.2, 0) is 0 Å². The van der Waals surface area contributed by atoms with Crippen LogP contribution in [-0.4, -0.2) is 4.98 Å². The third kappa shape index (κ3) is 23.5. The van der Waals surface area contributed by atoms with Crippen molar-refractivity contribution in [1.82, 2.24) is 4.98 Å². The van der Waals surface area contributed by atoms with Crippen molar-refractivity contribution < 1.29 is 4.57 Å². The van der Waals surface area contributed by atoms with E-state index in [0.29, 0.717) is 12.0 Å². The molecule has 2 unspecified atom stereocenters. The van der Waals surface area contributed by atoms with Gasteiger partial charge in [-0.15, -0.1) is 0 Å². The minimum atomic E-state index is 0.619. The van der Waals surface area contributed by atoms with Crippen LogP contribution in [0, 0.1) is 0 Å². The van der Waals surface area contributed by atoms with Gasteiger partial charge in [0.2, 0.25) is 0 Å². The number of rotatable bonds is 35.